The Balaban J connectivity index is 2.85. The second kappa shape index (κ2) is 6.15. The van der Waals surface area contributed by atoms with Gasteiger partial charge >= 0.3 is 0 Å². The van der Waals surface area contributed by atoms with E-state index in [1.54, 1.807) is 12.1 Å². The molecule has 1 N–H and O–H groups in total. The Morgan fingerprint density at radius 2 is 2.06 bits per heavy atom. The molecule has 1 rings (SSSR count). The highest BCUT2D eigenvalue weighted by molar-refractivity contribution is 5.27. The monoisotopic (exact) mass is 237 g/mol. The van der Waals surface area contributed by atoms with Crippen molar-refractivity contribution in [3.8, 4) is 0 Å². The first-order chi connectivity index (χ1) is 8.00. The van der Waals surface area contributed by atoms with Crippen molar-refractivity contribution in [2.24, 2.45) is 5.41 Å². The Labute approximate surface area is 104 Å². The fraction of sp³-hybridized carbons (Fsp3) is 0.600. The normalized spacial score (nSPS) is 14.6. The molecule has 0 aliphatic carbocycles. The molecule has 2 heteroatoms. The van der Waals surface area contributed by atoms with Crippen molar-refractivity contribution in [1.82, 2.24) is 5.32 Å². The van der Waals surface area contributed by atoms with Gasteiger partial charge in [0.25, 0.3) is 0 Å². The Morgan fingerprint density at radius 3 is 2.59 bits per heavy atom. The summed E-state index contributed by atoms with van der Waals surface area (Å²) in [5.74, 6) is -0.142. The van der Waals surface area contributed by atoms with Crippen LogP contribution >= 0.6 is 0 Å². The first kappa shape index (κ1) is 14.2. The number of halogens is 1. The maximum atomic E-state index is 13.1. The third-order valence-corrected chi connectivity index (χ3v) is 3.38. The predicted octanol–water partition coefficient (Wildman–Crippen LogP) is 3.70. The molecule has 1 unspecified atom stereocenters. The summed E-state index contributed by atoms with van der Waals surface area (Å²) in [6.07, 6.45) is 3.37. The van der Waals surface area contributed by atoms with Gasteiger partial charge in [0, 0.05) is 6.54 Å². The van der Waals surface area contributed by atoms with Crippen LogP contribution in [0.2, 0.25) is 0 Å². The second-order valence-corrected chi connectivity index (χ2v) is 5.34. The Hall–Kier alpha value is -0.890. The molecule has 0 amide bonds. The van der Waals surface area contributed by atoms with E-state index in [1.165, 1.54) is 18.4 Å². The van der Waals surface area contributed by atoms with Crippen LogP contribution in [-0.2, 0) is 6.42 Å². The molecular weight excluding hydrogens is 213 g/mol. The summed E-state index contributed by atoms with van der Waals surface area (Å²) >= 11 is 0. The van der Waals surface area contributed by atoms with Gasteiger partial charge in [0.15, 0.2) is 0 Å². The maximum absolute atomic E-state index is 13.1. The van der Waals surface area contributed by atoms with Gasteiger partial charge in [0.05, 0.1) is 0 Å². The van der Waals surface area contributed by atoms with Crippen LogP contribution in [0.1, 0.15) is 37.8 Å². The summed E-state index contributed by atoms with van der Waals surface area (Å²) < 4.78 is 13.1. The highest BCUT2D eigenvalue weighted by Crippen LogP contribution is 2.29. The Bertz CT molecular complexity index is 354. The van der Waals surface area contributed by atoms with Crippen molar-refractivity contribution >= 4 is 0 Å². The van der Waals surface area contributed by atoms with E-state index >= 15 is 0 Å². The molecule has 0 heterocycles. The average Bonchev–Trinajstić information content (AvgIpc) is 2.23. The second-order valence-electron chi connectivity index (χ2n) is 5.34. The standard InChI is InChI=1S/C15H24FN/c1-5-8-15(3,11-17-4)10-13-6-7-14(16)9-12(13)2/h6-7,9,17H,5,8,10-11H2,1-4H3. The molecule has 0 saturated carbocycles. The van der Waals surface area contributed by atoms with Crippen molar-refractivity contribution in [1.29, 1.82) is 0 Å². The minimum Gasteiger partial charge on any atom is -0.319 e. The molecular formula is C15H24FN. The van der Waals surface area contributed by atoms with Crippen molar-refractivity contribution in [2.45, 2.75) is 40.0 Å². The number of nitrogens with one attached hydrogen (secondary N) is 1. The van der Waals surface area contributed by atoms with Crippen molar-refractivity contribution in [3.05, 3.63) is 35.1 Å². The Kier molecular flexibility index (Phi) is 5.13. The van der Waals surface area contributed by atoms with E-state index in [4.69, 9.17) is 0 Å². The summed E-state index contributed by atoms with van der Waals surface area (Å²) in [7, 11) is 1.99. The van der Waals surface area contributed by atoms with Gasteiger partial charge in [-0.2, -0.15) is 0 Å². The summed E-state index contributed by atoms with van der Waals surface area (Å²) in [6, 6.07) is 5.11. The number of aryl methyl sites for hydroxylation is 1. The molecule has 0 aliphatic heterocycles. The van der Waals surface area contributed by atoms with Gasteiger partial charge in [-0.1, -0.05) is 26.3 Å². The predicted molar refractivity (Wildman–Crippen MR) is 71.8 cm³/mol. The van der Waals surface area contributed by atoms with Crippen LogP contribution in [0, 0.1) is 18.2 Å². The highest BCUT2D eigenvalue weighted by Gasteiger charge is 2.23. The number of hydrogen-bond donors (Lipinski definition) is 1. The number of hydrogen-bond acceptors (Lipinski definition) is 1. The van der Waals surface area contributed by atoms with Crippen molar-refractivity contribution in [3.63, 3.8) is 0 Å². The maximum Gasteiger partial charge on any atom is 0.123 e. The van der Waals surface area contributed by atoms with Crippen molar-refractivity contribution in [2.75, 3.05) is 13.6 Å². The molecule has 17 heavy (non-hydrogen) atoms. The molecule has 1 aromatic carbocycles. The van der Waals surface area contributed by atoms with Crippen LogP contribution in [0.4, 0.5) is 4.39 Å². The lowest BCUT2D eigenvalue weighted by molar-refractivity contribution is 0.282. The van der Waals surface area contributed by atoms with E-state index in [9.17, 15) is 4.39 Å². The van der Waals surface area contributed by atoms with E-state index in [0.717, 1.165) is 18.5 Å². The summed E-state index contributed by atoms with van der Waals surface area (Å²) in [4.78, 5) is 0. The van der Waals surface area contributed by atoms with Crippen LogP contribution < -0.4 is 5.32 Å². The van der Waals surface area contributed by atoms with E-state index in [2.05, 4.69) is 19.2 Å². The van der Waals surface area contributed by atoms with Gasteiger partial charge in [-0.3, -0.25) is 0 Å². The van der Waals surface area contributed by atoms with Gasteiger partial charge in [-0.05, 0) is 55.5 Å². The van der Waals surface area contributed by atoms with Crippen LogP contribution in [0.3, 0.4) is 0 Å². The van der Waals surface area contributed by atoms with Crippen LogP contribution in [-0.4, -0.2) is 13.6 Å². The zero-order valence-corrected chi connectivity index (χ0v) is 11.4. The lowest BCUT2D eigenvalue weighted by Crippen LogP contribution is -2.32. The van der Waals surface area contributed by atoms with Gasteiger partial charge in [-0.15, -0.1) is 0 Å². The molecule has 1 aromatic rings. The minimum atomic E-state index is -0.142. The van der Waals surface area contributed by atoms with Crippen LogP contribution in [0.5, 0.6) is 0 Å². The van der Waals surface area contributed by atoms with E-state index in [-0.39, 0.29) is 11.2 Å². The lowest BCUT2D eigenvalue weighted by atomic mass is 9.79. The molecule has 0 radical (unpaired) electrons. The molecule has 0 spiro atoms. The molecule has 0 fully saturated rings. The molecule has 1 nitrogen and oxygen atoms in total. The third kappa shape index (κ3) is 4.12. The topological polar surface area (TPSA) is 12.0 Å². The molecule has 0 aliphatic rings. The zero-order chi connectivity index (χ0) is 12.9. The van der Waals surface area contributed by atoms with E-state index in [0.29, 0.717) is 0 Å². The summed E-state index contributed by atoms with van der Waals surface area (Å²) in [5, 5.41) is 3.27. The first-order valence-electron chi connectivity index (χ1n) is 6.40. The SMILES string of the molecule is CCCC(C)(CNC)Cc1ccc(F)cc1C. The quantitative estimate of drug-likeness (QED) is 0.795. The van der Waals surface area contributed by atoms with Gasteiger partial charge < -0.3 is 5.32 Å². The largest absolute Gasteiger partial charge is 0.319 e. The zero-order valence-electron chi connectivity index (χ0n) is 11.4. The minimum absolute atomic E-state index is 0.142. The van der Waals surface area contributed by atoms with Crippen LogP contribution in [0.15, 0.2) is 18.2 Å². The molecule has 96 valence electrons. The molecule has 1 atom stereocenters. The smallest absolute Gasteiger partial charge is 0.123 e. The fourth-order valence-electron chi connectivity index (χ4n) is 2.59. The molecule has 0 bridgehead atoms. The Morgan fingerprint density at radius 1 is 1.35 bits per heavy atom. The average molecular weight is 237 g/mol. The van der Waals surface area contributed by atoms with Crippen molar-refractivity contribution < 1.29 is 4.39 Å². The third-order valence-electron chi connectivity index (χ3n) is 3.38. The van der Waals surface area contributed by atoms with Gasteiger partial charge in [0.2, 0.25) is 0 Å². The van der Waals surface area contributed by atoms with Gasteiger partial charge in [0.1, 0.15) is 5.82 Å². The first-order valence-corrected chi connectivity index (χ1v) is 6.40. The van der Waals surface area contributed by atoms with E-state index in [1.807, 2.05) is 20.0 Å². The number of benzene rings is 1. The molecule has 0 aromatic heterocycles. The van der Waals surface area contributed by atoms with Gasteiger partial charge in [-0.25, -0.2) is 4.39 Å². The van der Waals surface area contributed by atoms with Crippen LogP contribution in [0.25, 0.3) is 0 Å². The summed E-state index contributed by atoms with van der Waals surface area (Å²) in [6.45, 7) is 7.50. The molecule has 0 saturated heterocycles. The highest BCUT2D eigenvalue weighted by atomic mass is 19.1. The summed E-state index contributed by atoms with van der Waals surface area (Å²) in [5.41, 5.74) is 2.58. The lowest BCUT2D eigenvalue weighted by Gasteiger charge is -2.30. The fourth-order valence-corrected chi connectivity index (χ4v) is 2.59. The van der Waals surface area contributed by atoms with E-state index < -0.39 is 0 Å². The number of rotatable bonds is 6.